The molecule has 0 saturated heterocycles. The van der Waals surface area contributed by atoms with E-state index in [4.69, 9.17) is 17.3 Å². The highest BCUT2D eigenvalue weighted by atomic mass is 35.5. The summed E-state index contributed by atoms with van der Waals surface area (Å²) < 4.78 is 12.8. The summed E-state index contributed by atoms with van der Waals surface area (Å²) in [5.41, 5.74) is 7.00. The number of halogens is 2. The molecule has 0 bridgehead atoms. The maximum Gasteiger partial charge on any atom is 0.124 e. The summed E-state index contributed by atoms with van der Waals surface area (Å²) in [6.07, 6.45) is 1.95. The molecule has 15 heavy (non-hydrogen) atoms. The molecule has 2 N–H and O–H groups in total. The number of nitrogens with two attached hydrogens (primary N) is 1. The summed E-state index contributed by atoms with van der Waals surface area (Å²) >= 11 is 5.94. The Morgan fingerprint density at radius 2 is 2.27 bits per heavy atom. The zero-order valence-electron chi connectivity index (χ0n) is 8.71. The summed E-state index contributed by atoms with van der Waals surface area (Å²) in [7, 11) is 0. The lowest BCUT2D eigenvalue weighted by Gasteiger charge is -2.12. The topological polar surface area (TPSA) is 26.0 Å². The third-order valence-electron chi connectivity index (χ3n) is 3.19. The molecule has 1 saturated carbocycles. The molecule has 3 heteroatoms. The molecular formula is C12H15ClFN. The Morgan fingerprint density at radius 1 is 1.60 bits per heavy atom. The fourth-order valence-electron chi connectivity index (χ4n) is 2.04. The van der Waals surface area contributed by atoms with E-state index in [1.165, 1.54) is 18.6 Å². The van der Waals surface area contributed by atoms with E-state index in [0.29, 0.717) is 10.9 Å². The van der Waals surface area contributed by atoms with E-state index >= 15 is 0 Å². The van der Waals surface area contributed by atoms with Gasteiger partial charge in [0.2, 0.25) is 0 Å². The smallest absolute Gasteiger partial charge is 0.124 e. The molecule has 0 heterocycles. The Morgan fingerprint density at radius 3 is 2.80 bits per heavy atom. The van der Waals surface area contributed by atoms with Crippen molar-refractivity contribution in [3.8, 4) is 0 Å². The van der Waals surface area contributed by atoms with Gasteiger partial charge in [0, 0.05) is 11.1 Å². The van der Waals surface area contributed by atoms with Crippen LogP contribution in [0.25, 0.3) is 0 Å². The molecule has 3 unspecified atom stereocenters. The first-order valence-electron chi connectivity index (χ1n) is 5.27. The van der Waals surface area contributed by atoms with Crippen molar-refractivity contribution in [2.75, 3.05) is 0 Å². The van der Waals surface area contributed by atoms with Gasteiger partial charge >= 0.3 is 0 Å². The minimum Gasteiger partial charge on any atom is -0.327 e. The molecule has 1 nitrogen and oxygen atoms in total. The number of benzene rings is 1. The predicted molar refractivity (Wildman–Crippen MR) is 60.4 cm³/mol. The second-order valence-corrected chi connectivity index (χ2v) is 4.89. The lowest BCUT2D eigenvalue weighted by atomic mass is 10.0. The van der Waals surface area contributed by atoms with Gasteiger partial charge in [-0.1, -0.05) is 24.6 Å². The van der Waals surface area contributed by atoms with E-state index in [1.54, 1.807) is 6.07 Å². The van der Waals surface area contributed by atoms with E-state index in [-0.39, 0.29) is 11.9 Å². The fraction of sp³-hybridized carbons (Fsp3) is 0.500. The van der Waals surface area contributed by atoms with Gasteiger partial charge in [-0.25, -0.2) is 4.39 Å². The minimum atomic E-state index is -0.294. The van der Waals surface area contributed by atoms with Gasteiger partial charge in [0.05, 0.1) is 0 Å². The van der Waals surface area contributed by atoms with Crippen LogP contribution in [0.5, 0.6) is 0 Å². The predicted octanol–water partition coefficient (Wildman–Crippen LogP) is 3.00. The summed E-state index contributed by atoms with van der Waals surface area (Å²) in [6, 6.07) is 4.66. The maximum atomic E-state index is 12.8. The van der Waals surface area contributed by atoms with Gasteiger partial charge in [-0.15, -0.1) is 0 Å². The van der Waals surface area contributed by atoms with Crippen LogP contribution >= 0.6 is 11.6 Å². The molecular weight excluding hydrogens is 213 g/mol. The van der Waals surface area contributed by atoms with Crippen LogP contribution in [0.3, 0.4) is 0 Å². The normalized spacial score (nSPS) is 26.4. The number of rotatable bonds is 3. The van der Waals surface area contributed by atoms with Crippen molar-refractivity contribution in [1.82, 2.24) is 0 Å². The van der Waals surface area contributed by atoms with Gasteiger partial charge in [0.15, 0.2) is 0 Å². The molecule has 1 aromatic carbocycles. The van der Waals surface area contributed by atoms with Gasteiger partial charge < -0.3 is 5.73 Å². The summed E-state index contributed by atoms with van der Waals surface area (Å²) in [5, 5.41) is 0.485. The summed E-state index contributed by atoms with van der Waals surface area (Å²) in [4.78, 5) is 0. The molecule has 0 amide bonds. The van der Waals surface area contributed by atoms with Crippen LogP contribution in [0.15, 0.2) is 18.2 Å². The molecule has 0 aromatic heterocycles. The van der Waals surface area contributed by atoms with Crippen LogP contribution in [0.4, 0.5) is 4.39 Å². The van der Waals surface area contributed by atoms with Crippen molar-refractivity contribution in [2.45, 2.75) is 25.8 Å². The second-order valence-electron chi connectivity index (χ2n) is 4.48. The maximum absolute atomic E-state index is 12.8. The first-order chi connectivity index (χ1) is 7.08. The zero-order valence-corrected chi connectivity index (χ0v) is 9.47. The Kier molecular flexibility index (Phi) is 2.98. The van der Waals surface area contributed by atoms with Gasteiger partial charge in [-0.05, 0) is 42.4 Å². The first kappa shape index (κ1) is 10.9. The Bertz CT molecular complexity index is 367. The van der Waals surface area contributed by atoms with Gasteiger partial charge in [-0.2, -0.15) is 0 Å². The molecule has 1 aromatic rings. The average molecular weight is 228 g/mol. The highest BCUT2D eigenvalue weighted by Gasteiger charge is 2.37. The number of hydrogen-bond acceptors (Lipinski definition) is 1. The summed E-state index contributed by atoms with van der Waals surface area (Å²) in [6.45, 7) is 2.21. The lowest BCUT2D eigenvalue weighted by molar-refractivity contribution is 0.559. The van der Waals surface area contributed by atoms with Crippen LogP contribution in [0, 0.1) is 17.7 Å². The fourth-order valence-corrected chi connectivity index (χ4v) is 2.28. The molecule has 0 aliphatic heterocycles. The van der Waals surface area contributed by atoms with Crippen LogP contribution < -0.4 is 5.73 Å². The second kappa shape index (κ2) is 4.11. The molecule has 1 fully saturated rings. The van der Waals surface area contributed by atoms with Crippen molar-refractivity contribution >= 4 is 11.6 Å². The third-order valence-corrected chi connectivity index (χ3v) is 3.54. The quantitative estimate of drug-likeness (QED) is 0.844. The van der Waals surface area contributed by atoms with Crippen molar-refractivity contribution in [2.24, 2.45) is 17.6 Å². The minimum absolute atomic E-state index is 0.156. The average Bonchev–Trinajstić information content (AvgIpc) is 2.88. The monoisotopic (exact) mass is 227 g/mol. The Balaban J connectivity index is 2.04. The van der Waals surface area contributed by atoms with E-state index in [0.717, 1.165) is 17.9 Å². The molecule has 0 spiro atoms. The number of hydrogen-bond donors (Lipinski definition) is 1. The van der Waals surface area contributed by atoms with E-state index < -0.39 is 0 Å². The van der Waals surface area contributed by atoms with E-state index in [9.17, 15) is 4.39 Å². The Labute approximate surface area is 94.4 Å². The Hall–Kier alpha value is -0.600. The molecule has 3 atom stereocenters. The van der Waals surface area contributed by atoms with Gasteiger partial charge in [-0.3, -0.25) is 0 Å². The van der Waals surface area contributed by atoms with Crippen LogP contribution in [0.1, 0.15) is 18.9 Å². The lowest BCUT2D eigenvalue weighted by Crippen LogP contribution is -2.26. The van der Waals surface area contributed by atoms with Gasteiger partial charge in [0.25, 0.3) is 0 Å². The molecule has 1 aliphatic rings. The van der Waals surface area contributed by atoms with Crippen LogP contribution in [0.2, 0.25) is 5.02 Å². The third kappa shape index (κ3) is 2.50. The van der Waals surface area contributed by atoms with Gasteiger partial charge in [0.1, 0.15) is 5.82 Å². The first-order valence-corrected chi connectivity index (χ1v) is 5.65. The molecule has 82 valence electrons. The van der Waals surface area contributed by atoms with Crippen molar-refractivity contribution in [3.05, 3.63) is 34.6 Å². The van der Waals surface area contributed by atoms with Crippen molar-refractivity contribution in [3.63, 3.8) is 0 Å². The van der Waals surface area contributed by atoms with E-state index in [1.807, 2.05) is 0 Å². The van der Waals surface area contributed by atoms with Crippen molar-refractivity contribution < 1.29 is 4.39 Å². The SMILES string of the molecule is CC1CC1C(N)Cc1ccc(F)cc1Cl. The highest BCUT2D eigenvalue weighted by molar-refractivity contribution is 6.31. The summed E-state index contributed by atoms with van der Waals surface area (Å²) in [5.74, 6) is 1.06. The van der Waals surface area contributed by atoms with Crippen molar-refractivity contribution in [1.29, 1.82) is 0 Å². The molecule has 1 aliphatic carbocycles. The molecule has 0 radical (unpaired) electrons. The highest BCUT2D eigenvalue weighted by Crippen LogP contribution is 2.41. The zero-order chi connectivity index (χ0) is 11.0. The van der Waals surface area contributed by atoms with E-state index in [2.05, 4.69) is 6.92 Å². The van der Waals surface area contributed by atoms with Crippen LogP contribution in [-0.2, 0) is 6.42 Å². The van der Waals surface area contributed by atoms with Crippen LogP contribution in [-0.4, -0.2) is 6.04 Å². The largest absolute Gasteiger partial charge is 0.327 e. The molecule has 2 rings (SSSR count). The standard InChI is InChI=1S/C12H15ClFN/c1-7-4-10(7)12(15)5-8-2-3-9(14)6-11(8)13/h2-3,6-7,10,12H,4-5,15H2,1H3.